The molecule has 2 rings (SSSR count). The van der Waals surface area contributed by atoms with Crippen molar-refractivity contribution in [1.82, 2.24) is 19.1 Å². The fourth-order valence-electron chi connectivity index (χ4n) is 0.975. The highest BCUT2D eigenvalue weighted by Gasteiger charge is 2.02. The Bertz CT molecular complexity index is 424. The molecule has 0 N–H and O–H groups in total. The van der Waals surface area contributed by atoms with Gasteiger partial charge in [0, 0.05) is 12.4 Å². The molecule has 5 nitrogen and oxygen atoms in total. The van der Waals surface area contributed by atoms with Crippen LogP contribution >= 0.6 is 11.5 Å². The minimum Gasteiger partial charge on any atom is -0.317 e. The van der Waals surface area contributed by atoms with Crippen molar-refractivity contribution in [2.45, 2.75) is 6.54 Å². The molecule has 0 spiro atoms. The molecule has 6 heteroatoms. The van der Waals surface area contributed by atoms with Crippen LogP contribution in [0.3, 0.4) is 0 Å². The summed E-state index contributed by atoms with van der Waals surface area (Å²) < 4.78 is 5.49. The van der Waals surface area contributed by atoms with Crippen molar-refractivity contribution in [2.24, 2.45) is 0 Å². The van der Waals surface area contributed by atoms with E-state index in [-0.39, 0.29) is 0 Å². The van der Waals surface area contributed by atoms with Crippen LogP contribution < -0.4 is 0 Å². The van der Waals surface area contributed by atoms with Crippen molar-refractivity contribution in [1.29, 1.82) is 5.26 Å². The molecule has 64 valence electrons. The summed E-state index contributed by atoms with van der Waals surface area (Å²) in [7, 11) is 0. The topological polar surface area (TPSA) is 67.4 Å². The van der Waals surface area contributed by atoms with Crippen LogP contribution in [-0.4, -0.2) is 19.1 Å². The molecule has 0 saturated heterocycles. The molecule has 0 unspecified atom stereocenters. The van der Waals surface area contributed by atoms with Gasteiger partial charge in [-0.3, -0.25) is 0 Å². The van der Waals surface area contributed by atoms with Gasteiger partial charge in [-0.15, -0.1) is 5.10 Å². The van der Waals surface area contributed by atoms with Gasteiger partial charge in [0.2, 0.25) is 5.82 Å². The fourth-order valence-corrected chi connectivity index (χ4v) is 1.47. The maximum atomic E-state index is 8.67. The largest absolute Gasteiger partial charge is 0.317 e. The molecule has 0 aliphatic heterocycles. The van der Waals surface area contributed by atoms with Crippen molar-refractivity contribution >= 4 is 11.5 Å². The van der Waals surface area contributed by atoms with Gasteiger partial charge >= 0.3 is 0 Å². The minimum atomic E-state index is 0.411. The van der Waals surface area contributed by atoms with E-state index in [1.165, 1.54) is 11.5 Å². The van der Waals surface area contributed by atoms with Gasteiger partial charge in [0.25, 0.3) is 0 Å². The lowest BCUT2D eigenvalue weighted by atomic mass is 10.5. The Morgan fingerprint density at radius 1 is 1.62 bits per heavy atom. The summed E-state index contributed by atoms with van der Waals surface area (Å²) in [4.78, 5) is 4.89. The van der Waals surface area contributed by atoms with Gasteiger partial charge in [-0.25, -0.2) is 4.98 Å². The Labute approximate surface area is 78.4 Å². The van der Waals surface area contributed by atoms with Crippen LogP contribution in [0.1, 0.15) is 10.7 Å². The van der Waals surface area contributed by atoms with Crippen molar-refractivity contribution in [3.63, 3.8) is 0 Å². The summed E-state index contributed by atoms with van der Waals surface area (Å²) in [5, 5.41) is 12.4. The molecule has 0 fully saturated rings. The lowest BCUT2D eigenvalue weighted by Gasteiger charge is -1.97. The van der Waals surface area contributed by atoms with Crippen LogP contribution in [-0.2, 0) is 6.54 Å². The van der Waals surface area contributed by atoms with Gasteiger partial charge in [-0.1, -0.05) is 4.49 Å². The molecule has 0 aliphatic rings. The zero-order valence-electron chi connectivity index (χ0n) is 6.58. The monoisotopic (exact) mass is 191 g/mol. The zero-order valence-corrected chi connectivity index (χ0v) is 7.40. The molecule has 2 aromatic heterocycles. The summed E-state index contributed by atoms with van der Waals surface area (Å²) in [6.45, 7) is 0.612. The second kappa shape index (κ2) is 3.33. The summed E-state index contributed by atoms with van der Waals surface area (Å²) >= 11 is 1.32. The number of nitriles is 1. The van der Waals surface area contributed by atoms with Gasteiger partial charge in [0.1, 0.15) is 6.07 Å². The number of aromatic nitrogens is 4. The second-order valence-electron chi connectivity index (χ2n) is 2.37. The zero-order chi connectivity index (χ0) is 9.10. The minimum absolute atomic E-state index is 0.411. The van der Waals surface area contributed by atoms with Crippen LogP contribution in [0.2, 0.25) is 0 Å². The van der Waals surface area contributed by atoms with E-state index in [4.69, 9.17) is 5.26 Å². The van der Waals surface area contributed by atoms with Crippen molar-refractivity contribution in [3.05, 3.63) is 29.3 Å². The number of nitrogens with zero attached hydrogens (tertiary/aromatic N) is 5. The molecule has 0 radical (unpaired) electrons. The predicted molar refractivity (Wildman–Crippen MR) is 46.0 cm³/mol. The highest BCUT2D eigenvalue weighted by Crippen LogP contribution is 2.06. The first-order chi connectivity index (χ1) is 6.40. The summed E-state index contributed by atoms with van der Waals surface area (Å²) in [6, 6.07) is 2.00. The van der Waals surface area contributed by atoms with E-state index in [0.717, 1.165) is 4.88 Å². The van der Waals surface area contributed by atoms with Gasteiger partial charge in [0.15, 0.2) is 0 Å². The third-order valence-corrected chi connectivity index (χ3v) is 2.19. The molecule has 0 aliphatic carbocycles. The van der Waals surface area contributed by atoms with E-state index in [1.807, 2.05) is 6.07 Å². The van der Waals surface area contributed by atoms with Crippen LogP contribution in [0.15, 0.2) is 18.6 Å². The second-order valence-corrected chi connectivity index (χ2v) is 3.24. The summed E-state index contributed by atoms with van der Waals surface area (Å²) in [5.74, 6) is 0.411. The number of hydrogen-bond acceptors (Lipinski definition) is 5. The van der Waals surface area contributed by atoms with Gasteiger partial charge < -0.3 is 4.57 Å². The molecule has 2 aromatic rings. The van der Waals surface area contributed by atoms with Gasteiger partial charge in [0.05, 0.1) is 17.6 Å². The Balaban J connectivity index is 2.24. The Kier molecular flexibility index (Phi) is 2.02. The van der Waals surface area contributed by atoms with E-state index < -0.39 is 0 Å². The maximum absolute atomic E-state index is 8.67. The highest BCUT2D eigenvalue weighted by molar-refractivity contribution is 7.05. The molecular formula is C7H5N5S. The third kappa shape index (κ3) is 1.55. The first-order valence-corrected chi connectivity index (χ1v) is 4.35. The summed E-state index contributed by atoms with van der Waals surface area (Å²) in [6.07, 6.45) is 5.05. The van der Waals surface area contributed by atoms with Gasteiger partial charge in [-0.05, 0) is 11.5 Å². The van der Waals surface area contributed by atoms with Crippen molar-refractivity contribution in [3.8, 4) is 6.07 Å². The number of imidazole rings is 1. The molecule has 2 heterocycles. The average molecular weight is 191 g/mol. The molecule has 0 bridgehead atoms. The van der Waals surface area contributed by atoms with E-state index in [0.29, 0.717) is 12.4 Å². The molecule has 0 aromatic carbocycles. The Hall–Kier alpha value is -1.74. The number of rotatable bonds is 2. The van der Waals surface area contributed by atoms with Crippen LogP contribution in [0, 0.1) is 11.3 Å². The van der Waals surface area contributed by atoms with Crippen molar-refractivity contribution in [2.75, 3.05) is 0 Å². The molecule has 13 heavy (non-hydrogen) atoms. The third-order valence-electron chi connectivity index (χ3n) is 1.55. The molecule has 0 amide bonds. The van der Waals surface area contributed by atoms with Crippen molar-refractivity contribution < 1.29 is 0 Å². The van der Waals surface area contributed by atoms with E-state index in [9.17, 15) is 0 Å². The van der Waals surface area contributed by atoms with E-state index in [2.05, 4.69) is 14.6 Å². The van der Waals surface area contributed by atoms with Gasteiger partial charge in [-0.2, -0.15) is 5.26 Å². The Morgan fingerprint density at radius 2 is 2.54 bits per heavy atom. The molecular weight excluding hydrogens is 186 g/mol. The van der Waals surface area contributed by atoms with Crippen LogP contribution in [0.25, 0.3) is 0 Å². The fraction of sp³-hybridized carbons (Fsp3) is 0.143. The first-order valence-electron chi connectivity index (χ1n) is 3.57. The predicted octanol–water partition coefficient (Wildman–Crippen LogP) is 0.655. The highest BCUT2D eigenvalue weighted by atomic mass is 32.1. The molecule has 0 atom stereocenters. The normalized spacial score (nSPS) is 9.77. The van der Waals surface area contributed by atoms with Crippen LogP contribution in [0.5, 0.6) is 0 Å². The lowest BCUT2D eigenvalue weighted by molar-refractivity contribution is 0.792. The molecule has 0 saturated carbocycles. The van der Waals surface area contributed by atoms with Crippen LogP contribution in [0.4, 0.5) is 0 Å². The standard InChI is InChI=1S/C7H5N5S/c8-3-7-9-1-2-12(7)5-6-4-10-11-13-6/h1-2,4H,5H2. The number of hydrogen-bond donors (Lipinski definition) is 0. The average Bonchev–Trinajstić information content (AvgIpc) is 2.76. The SMILES string of the molecule is N#Cc1nccn1Cc1cnns1. The van der Waals surface area contributed by atoms with E-state index in [1.54, 1.807) is 23.2 Å². The van der Waals surface area contributed by atoms with E-state index >= 15 is 0 Å². The maximum Gasteiger partial charge on any atom is 0.213 e. The smallest absolute Gasteiger partial charge is 0.213 e. The lowest BCUT2D eigenvalue weighted by Crippen LogP contribution is -1.99. The quantitative estimate of drug-likeness (QED) is 0.699. The first kappa shape index (κ1) is 7.89. The Morgan fingerprint density at radius 3 is 3.23 bits per heavy atom. The summed E-state index contributed by atoms with van der Waals surface area (Å²) in [5.41, 5.74) is 0.